The second-order valence-corrected chi connectivity index (χ2v) is 3.25. The molecule has 0 bridgehead atoms. The fourth-order valence-corrected chi connectivity index (χ4v) is 1.25. The van der Waals surface area contributed by atoms with Crippen LogP contribution in [0.5, 0.6) is 11.5 Å². The molecule has 1 N–H and O–H groups in total. The summed E-state index contributed by atoms with van der Waals surface area (Å²) in [5.74, 6) is 0.137. The van der Waals surface area contributed by atoms with Crippen molar-refractivity contribution in [2.45, 2.75) is 0 Å². The van der Waals surface area contributed by atoms with E-state index in [1.165, 1.54) is 24.3 Å². The summed E-state index contributed by atoms with van der Waals surface area (Å²) in [5, 5.41) is 9.07. The van der Waals surface area contributed by atoms with Gasteiger partial charge in [-0.1, -0.05) is 18.2 Å². The van der Waals surface area contributed by atoms with Crippen LogP contribution in [-0.4, -0.2) is 11.1 Å². The van der Waals surface area contributed by atoms with Crippen molar-refractivity contribution in [3.8, 4) is 11.5 Å². The van der Waals surface area contributed by atoms with Gasteiger partial charge in [-0.2, -0.15) is 0 Å². The van der Waals surface area contributed by atoms with Gasteiger partial charge < -0.3 is 11.3 Å². The molecule has 0 aliphatic carbocycles. The summed E-state index contributed by atoms with van der Waals surface area (Å²) in [6.07, 6.45) is 0. The third-order valence-electron chi connectivity index (χ3n) is 2.06. The van der Waals surface area contributed by atoms with Crippen LogP contribution in [0.1, 0.15) is 11.8 Å². The van der Waals surface area contributed by atoms with Crippen LogP contribution >= 0.6 is 0 Å². The number of phenolic OH excluding ortho intramolecular Hbond substituents is 1. The molecule has 0 saturated carbocycles. The monoisotopic (exact) mass is 238 g/mol. The first-order chi connectivity index (χ1) is 7.75. The third-order valence-corrected chi connectivity index (χ3v) is 2.06. The first-order valence-electron chi connectivity index (χ1n) is 4.82. The van der Waals surface area contributed by atoms with E-state index < -0.39 is 5.97 Å². The minimum Gasteiger partial charge on any atom is -1.00 e. The van der Waals surface area contributed by atoms with E-state index in [1.54, 1.807) is 24.3 Å². The molecule has 0 unspecified atom stereocenters. The van der Waals surface area contributed by atoms with Crippen LogP contribution in [0.2, 0.25) is 0 Å². The van der Waals surface area contributed by atoms with Crippen LogP contribution in [-0.2, 0) is 0 Å². The smallest absolute Gasteiger partial charge is 1.00 e. The molecule has 0 radical (unpaired) electrons. The van der Waals surface area contributed by atoms with Crippen LogP contribution in [0.15, 0.2) is 54.6 Å². The van der Waals surface area contributed by atoms with E-state index in [0.29, 0.717) is 11.3 Å². The van der Waals surface area contributed by atoms with Crippen LogP contribution in [0.3, 0.4) is 0 Å². The van der Waals surface area contributed by atoms with E-state index in [0.717, 1.165) is 0 Å². The van der Waals surface area contributed by atoms with Crippen LogP contribution < -0.4 is 34.3 Å². The molecular formula is C13H11NaO3. The maximum atomic E-state index is 11.6. The zero-order chi connectivity index (χ0) is 11.4. The Labute approximate surface area is 123 Å². The van der Waals surface area contributed by atoms with Crippen molar-refractivity contribution in [2.24, 2.45) is 0 Å². The van der Waals surface area contributed by atoms with Gasteiger partial charge in [-0.05, 0) is 36.4 Å². The van der Waals surface area contributed by atoms with Crippen molar-refractivity contribution in [3.63, 3.8) is 0 Å². The Bertz CT molecular complexity index is 485. The number of hydrogen-bond donors (Lipinski definition) is 1. The SMILES string of the molecule is O=C(Oc1ccc(O)cc1)c1ccccc1.[H-].[Na+]. The maximum Gasteiger partial charge on any atom is 1.00 e. The second kappa shape index (κ2) is 6.45. The summed E-state index contributed by atoms with van der Waals surface area (Å²) >= 11 is 0. The van der Waals surface area contributed by atoms with Gasteiger partial charge in [0.15, 0.2) is 0 Å². The minimum absolute atomic E-state index is 0. The number of aromatic hydroxyl groups is 1. The Kier molecular flexibility index (Phi) is 5.22. The Morgan fingerprint density at radius 2 is 1.59 bits per heavy atom. The van der Waals surface area contributed by atoms with Gasteiger partial charge in [0, 0.05) is 0 Å². The van der Waals surface area contributed by atoms with Crippen molar-refractivity contribution in [1.82, 2.24) is 0 Å². The number of esters is 1. The van der Waals surface area contributed by atoms with Crippen molar-refractivity contribution in [1.29, 1.82) is 0 Å². The first kappa shape index (κ1) is 13.8. The maximum absolute atomic E-state index is 11.6. The average Bonchev–Trinajstić information content (AvgIpc) is 2.33. The van der Waals surface area contributed by atoms with Crippen molar-refractivity contribution < 1.29 is 45.6 Å². The molecule has 0 fully saturated rings. The standard InChI is InChI=1S/C13H10O3.Na.H/c14-11-6-8-12(9-7-11)16-13(15)10-4-2-1-3-5-10;;/h1-9,14H;;/q;+1;-1. The predicted molar refractivity (Wildman–Crippen MR) is 60.6 cm³/mol. The van der Waals surface area contributed by atoms with Crippen molar-refractivity contribution >= 4 is 5.97 Å². The number of carbonyl (C=O) groups is 1. The first-order valence-corrected chi connectivity index (χ1v) is 4.82. The predicted octanol–water partition coefficient (Wildman–Crippen LogP) is -0.272. The second-order valence-electron chi connectivity index (χ2n) is 3.25. The van der Waals surface area contributed by atoms with E-state index in [-0.39, 0.29) is 36.7 Å². The van der Waals surface area contributed by atoms with Gasteiger partial charge in [0.25, 0.3) is 0 Å². The minimum atomic E-state index is -0.411. The van der Waals surface area contributed by atoms with Gasteiger partial charge >= 0.3 is 35.5 Å². The van der Waals surface area contributed by atoms with E-state index in [9.17, 15) is 4.79 Å². The summed E-state index contributed by atoms with van der Waals surface area (Å²) < 4.78 is 5.11. The molecule has 0 atom stereocenters. The molecule has 0 aliphatic heterocycles. The Hall–Kier alpha value is -1.29. The Morgan fingerprint density at radius 1 is 1.00 bits per heavy atom. The van der Waals surface area contributed by atoms with E-state index >= 15 is 0 Å². The molecule has 4 heteroatoms. The summed E-state index contributed by atoms with van der Waals surface area (Å²) in [5.41, 5.74) is 0.496. The number of benzene rings is 2. The quantitative estimate of drug-likeness (QED) is 0.445. The zero-order valence-corrected chi connectivity index (χ0v) is 11.5. The summed E-state index contributed by atoms with van der Waals surface area (Å²) in [7, 11) is 0. The number of hydrogen-bond acceptors (Lipinski definition) is 3. The molecule has 0 amide bonds. The molecule has 3 nitrogen and oxygen atoms in total. The Balaban J connectivity index is 0.00000144. The van der Waals surface area contributed by atoms with Gasteiger partial charge in [0.1, 0.15) is 11.5 Å². The molecule has 2 aromatic rings. The molecule has 0 aliphatic rings. The topological polar surface area (TPSA) is 46.5 Å². The normalized spacial score (nSPS) is 9.18. The molecule has 2 aromatic carbocycles. The van der Waals surface area contributed by atoms with E-state index in [2.05, 4.69) is 0 Å². The molecular weight excluding hydrogens is 227 g/mol. The van der Waals surface area contributed by atoms with Gasteiger partial charge in [0.2, 0.25) is 0 Å². The van der Waals surface area contributed by atoms with Crippen molar-refractivity contribution in [2.75, 3.05) is 0 Å². The zero-order valence-electron chi connectivity index (χ0n) is 10.5. The van der Waals surface area contributed by atoms with Gasteiger partial charge in [-0.3, -0.25) is 0 Å². The Morgan fingerprint density at radius 3 is 2.18 bits per heavy atom. The summed E-state index contributed by atoms with van der Waals surface area (Å²) in [6, 6.07) is 14.7. The van der Waals surface area contributed by atoms with E-state index in [4.69, 9.17) is 9.84 Å². The number of rotatable bonds is 2. The summed E-state index contributed by atoms with van der Waals surface area (Å²) in [6.45, 7) is 0. The summed E-state index contributed by atoms with van der Waals surface area (Å²) in [4.78, 5) is 11.6. The average molecular weight is 238 g/mol. The van der Waals surface area contributed by atoms with Crippen molar-refractivity contribution in [3.05, 3.63) is 60.2 Å². The van der Waals surface area contributed by atoms with Gasteiger partial charge in [-0.15, -0.1) is 0 Å². The number of carbonyl (C=O) groups excluding carboxylic acids is 1. The molecule has 0 spiro atoms. The molecule has 0 aromatic heterocycles. The molecule has 17 heavy (non-hydrogen) atoms. The van der Waals surface area contributed by atoms with Crippen LogP contribution in [0.25, 0.3) is 0 Å². The largest absolute Gasteiger partial charge is 1.00 e. The molecule has 0 saturated heterocycles. The van der Waals surface area contributed by atoms with Gasteiger partial charge in [-0.25, -0.2) is 4.79 Å². The number of ether oxygens (including phenoxy) is 1. The molecule has 0 heterocycles. The fraction of sp³-hybridized carbons (Fsp3) is 0. The molecule has 82 valence electrons. The van der Waals surface area contributed by atoms with Gasteiger partial charge in [0.05, 0.1) is 5.56 Å². The van der Waals surface area contributed by atoms with E-state index in [1.807, 2.05) is 6.07 Å². The number of phenols is 1. The fourth-order valence-electron chi connectivity index (χ4n) is 1.25. The van der Waals surface area contributed by atoms with Crippen LogP contribution in [0, 0.1) is 0 Å². The van der Waals surface area contributed by atoms with Crippen LogP contribution in [0.4, 0.5) is 0 Å². The molecule has 2 rings (SSSR count). The third kappa shape index (κ3) is 3.89.